The molecule has 3 rings (SSSR count). The van der Waals surface area contributed by atoms with Crippen LogP contribution in [-0.2, 0) is 6.42 Å². The second-order valence-electron chi connectivity index (χ2n) is 4.84. The Morgan fingerprint density at radius 2 is 1.43 bits per heavy atom. The van der Waals surface area contributed by atoms with Crippen molar-refractivity contribution in [2.75, 3.05) is 6.54 Å². The summed E-state index contributed by atoms with van der Waals surface area (Å²) in [6, 6.07) is 20.2. The van der Waals surface area contributed by atoms with Gasteiger partial charge >= 0.3 is 0 Å². The number of rotatable bonds is 4. The Balaban J connectivity index is 2.11. The van der Waals surface area contributed by atoms with Crippen LogP contribution in [0.5, 0.6) is 0 Å². The van der Waals surface area contributed by atoms with Crippen LogP contribution in [0.3, 0.4) is 0 Å². The minimum atomic E-state index is 0.591. The van der Waals surface area contributed by atoms with E-state index in [2.05, 4.69) is 17.1 Å². The standard InChI is InChI=1S/C18H17N3/c19-12-11-16-13-20-18(15-9-5-2-6-10-15)21-17(16)14-7-3-1-4-8-14/h1-10,13H,11-12,19H2. The zero-order valence-electron chi connectivity index (χ0n) is 11.7. The molecule has 104 valence electrons. The summed E-state index contributed by atoms with van der Waals surface area (Å²) in [6.07, 6.45) is 2.67. The van der Waals surface area contributed by atoms with Crippen LogP contribution in [-0.4, -0.2) is 16.5 Å². The van der Waals surface area contributed by atoms with Crippen LogP contribution >= 0.6 is 0 Å². The largest absolute Gasteiger partial charge is 0.330 e. The molecule has 0 bridgehead atoms. The van der Waals surface area contributed by atoms with E-state index in [0.29, 0.717) is 6.54 Å². The van der Waals surface area contributed by atoms with Crippen molar-refractivity contribution in [1.29, 1.82) is 0 Å². The molecule has 2 aromatic carbocycles. The summed E-state index contributed by atoms with van der Waals surface area (Å²) in [5.74, 6) is 0.746. The van der Waals surface area contributed by atoms with Gasteiger partial charge in [-0.2, -0.15) is 0 Å². The molecule has 1 heterocycles. The Hall–Kier alpha value is -2.52. The first kappa shape index (κ1) is 13.5. The van der Waals surface area contributed by atoms with Crippen LogP contribution in [0.1, 0.15) is 5.56 Å². The van der Waals surface area contributed by atoms with Gasteiger partial charge in [0.1, 0.15) is 0 Å². The normalized spacial score (nSPS) is 10.5. The van der Waals surface area contributed by atoms with Crippen molar-refractivity contribution in [2.45, 2.75) is 6.42 Å². The quantitative estimate of drug-likeness (QED) is 0.794. The summed E-state index contributed by atoms with van der Waals surface area (Å²) in [4.78, 5) is 9.25. The lowest BCUT2D eigenvalue weighted by Gasteiger charge is -2.10. The average molecular weight is 275 g/mol. The summed E-state index contributed by atoms with van der Waals surface area (Å²) in [5, 5.41) is 0. The molecule has 0 radical (unpaired) electrons. The lowest BCUT2D eigenvalue weighted by molar-refractivity contribution is 0.947. The van der Waals surface area contributed by atoms with Crippen molar-refractivity contribution in [3.05, 3.63) is 72.4 Å². The molecule has 0 aliphatic heterocycles. The minimum Gasteiger partial charge on any atom is -0.330 e. The molecule has 0 saturated heterocycles. The van der Waals surface area contributed by atoms with Gasteiger partial charge in [-0.3, -0.25) is 0 Å². The van der Waals surface area contributed by atoms with Gasteiger partial charge in [-0.05, 0) is 18.5 Å². The van der Waals surface area contributed by atoms with Gasteiger partial charge in [-0.15, -0.1) is 0 Å². The van der Waals surface area contributed by atoms with Crippen LogP contribution in [0.2, 0.25) is 0 Å². The molecule has 3 heteroatoms. The highest BCUT2D eigenvalue weighted by molar-refractivity contribution is 5.66. The molecule has 0 saturated carbocycles. The lowest BCUT2D eigenvalue weighted by Crippen LogP contribution is -2.06. The second kappa shape index (κ2) is 6.29. The van der Waals surface area contributed by atoms with Crippen molar-refractivity contribution in [3.8, 4) is 22.6 Å². The summed E-state index contributed by atoms with van der Waals surface area (Å²) < 4.78 is 0. The van der Waals surface area contributed by atoms with Crippen LogP contribution in [0.4, 0.5) is 0 Å². The Labute approximate surface area is 124 Å². The third-order valence-electron chi connectivity index (χ3n) is 3.36. The summed E-state index contributed by atoms with van der Waals surface area (Å²) >= 11 is 0. The van der Waals surface area contributed by atoms with Crippen LogP contribution in [0, 0.1) is 0 Å². The molecular formula is C18H17N3. The fourth-order valence-electron chi connectivity index (χ4n) is 2.32. The van der Waals surface area contributed by atoms with Crippen molar-refractivity contribution >= 4 is 0 Å². The van der Waals surface area contributed by atoms with Crippen LogP contribution in [0.15, 0.2) is 66.9 Å². The van der Waals surface area contributed by atoms with E-state index in [9.17, 15) is 0 Å². The molecular weight excluding hydrogens is 258 g/mol. The number of nitrogens with zero attached hydrogens (tertiary/aromatic N) is 2. The number of aromatic nitrogens is 2. The van der Waals surface area contributed by atoms with Gasteiger partial charge in [-0.1, -0.05) is 60.7 Å². The lowest BCUT2D eigenvalue weighted by atomic mass is 10.0. The predicted octanol–water partition coefficient (Wildman–Crippen LogP) is 3.31. The molecule has 0 spiro atoms. The van der Waals surface area contributed by atoms with E-state index in [0.717, 1.165) is 34.6 Å². The van der Waals surface area contributed by atoms with E-state index >= 15 is 0 Å². The van der Waals surface area contributed by atoms with Gasteiger partial charge in [0.2, 0.25) is 0 Å². The van der Waals surface area contributed by atoms with Gasteiger partial charge in [0.25, 0.3) is 0 Å². The third-order valence-corrected chi connectivity index (χ3v) is 3.36. The Bertz CT molecular complexity index is 709. The highest BCUT2D eigenvalue weighted by Crippen LogP contribution is 2.24. The maximum atomic E-state index is 5.70. The SMILES string of the molecule is NCCc1cnc(-c2ccccc2)nc1-c1ccccc1. The maximum absolute atomic E-state index is 5.70. The van der Waals surface area contributed by atoms with E-state index in [1.54, 1.807) is 0 Å². The molecule has 0 unspecified atom stereocenters. The first-order valence-electron chi connectivity index (χ1n) is 7.05. The van der Waals surface area contributed by atoms with E-state index in [4.69, 9.17) is 10.7 Å². The Morgan fingerprint density at radius 1 is 0.810 bits per heavy atom. The van der Waals surface area contributed by atoms with Crippen molar-refractivity contribution in [3.63, 3.8) is 0 Å². The first-order chi connectivity index (χ1) is 10.4. The van der Waals surface area contributed by atoms with Crippen molar-refractivity contribution < 1.29 is 0 Å². The zero-order chi connectivity index (χ0) is 14.5. The number of hydrogen-bond donors (Lipinski definition) is 1. The predicted molar refractivity (Wildman–Crippen MR) is 85.7 cm³/mol. The van der Waals surface area contributed by atoms with Crippen molar-refractivity contribution in [2.24, 2.45) is 5.73 Å². The number of nitrogens with two attached hydrogens (primary N) is 1. The zero-order valence-corrected chi connectivity index (χ0v) is 11.7. The molecule has 0 aliphatic rings. The third kappa shape index (κ3) is 2.98. The topological polar surface area (TPSA) is 51.8 Å². The summed E-state index contributed by atoms with van der Waals surface area (Å²) in [6.45, 7) is 0.591. The number of hydrogen-bond acceptors (Lipinski definition) is 3. The molecule has 0 atom stereocenters. The van der Waals surface area contributed by atoms with Gasteiger partial charge in [0.15, 0.2) is 5.82 Å². The monoisotopic (exact) mass is 275 g/mol. The smallest absolute Gasteiger partial charge is 0.159 e. The van der Waals surface area contributed by atoms with E-state index in [-0.39, 0.29) is 0 Å². The van der Waals surface area contributed by atoms with Gasteiger partial charge in [-0.25, -0.2) is 9.97 Å². The van der Waals surface area contributed by atoms with Gasteiger partial charge in [0, 0.05) is 17.3 Å². The molecule has 0 aliphatic carbocycles. The summed E-state index contributed by atoms with van der Waals surface area (Å²) in [5.41, 5.74) is 9.88. The van der Waals surface area contributed by atoms with Gasteiger partial charge in [0.05, 0.1) is 5.69 Å². The maximum Gasteiger partial charge on any atom is 0.159 e. The fourth-order valence-corrected chi connectivity index (χ4v) is 2.32. The van der Waals surface area contributed by atoms with E-state index < -0.39 is 0 Å². The second-order valence-corrected chi connectivity index (χ2v) is 4.84. The molecule has 0 fully saturated rings. The van der Waals surface area contributed by atoms with Crippen molar-refractivity contribution in [1.82, 2.24) is 9.97 Å². The first-order valence-corrected chi connectivity index (χ1v) is 7.05. The molecule has 2 N–H and O–H groups in total. The molecule has 3 nitrogen and oxygen atoms in total. The minimum absolute atomic E-state index is 0.591. The van der Waals surface area contributed by atoms with Gasteiger partial charge < -0.3 is 5.73 Å². The fraction of sp³-hybridized carbons (Fsp3) is 0.111. The summed E-state index contributed by atoms with van der Waals surface area (Å²) in [7, 11) is 0. The highest BCUT2D eigenvalue weighted by Gasteiger charge is 2.10. The average Bonchev–Trinajstić information content (AvgIpc) is 2.57. The number of benzene rings is 2. The Kier molecular flexibility index (Phi) is 4.03. The Morgan fingerprint density at radius 3 is 2.05 bits per heavy atom. The molecule has 1 aromatic heterocycles. The van der Waals surface area contributed by atoms with E-state index in [1.165, 1.54) is 0 Å². The highest BCUT2D eigenvalue weighted by atomic mass is 14.9. The molecule has 0 amide bonds. The molecule has 3 aromatic rings. The van der Waals surface area contributed by atoms with E-state index in [1.807, 2.05) is 54.7 Å². The van der Waals surface area contributed by atoms with Crippen LogP contribution in [0.25, 0.3) is 22.6 Å². The van der Waals surface area contributed by atoms with Crippen LogP contribution < -0.4 is 5.73 Å². The molecule has 21 heavy (non-hydrogen) atoms.